The lowest BCUT2D eigenvalue weighted by molar-refractivity contribution is -0.141. The predicted octanol–water partition coefficient (Wildman–Crippen LogP) is -4.33. The van der Waals surface area contributed by atoms with E-state index in [1.165, 1.54) is 6.92 Å². The molecule has 4 amide bonds. The number of thiol groups is 1. The van der Waals surface area contributed by atoms with Crippen molar-refractivity contribution >= 4 is 42.2 Å². The van der Waals surface area contributed by atoms with Gasteiger partial charge in [0.05, 0.1) is 13.0 Å². The number of aliphatic hydroxyl groups excluding tert-OH is 1. The van der Waals surface area contributed by atoms with Crippen LogP contribution in [0.2, 0.25) is 0 Å². The number of nitrogens with two attached hydrogens (primary N) is 2. The fourth-order valence-electron chi connectivity index (χ4n) is 1.63. The molecule has 0 saturated carbocycles. The van der Waals surface area contributed by atoms with Crippen LogP contribution < -0.4 is 27.4 Å². The van der Waals surface area contributed by atoms with Gasteiger partial charge < -0.3 is 37.6 Å². The SMILES string of the molecule is CC(NC(=O)C(N)CO)C(=O)NC(CC(N)=O)C(=O)NC(CS)C(=O)O. The van der Waals surface area contributed by atoms with Crippen LogP contribution in [0.1, 0.15) is 13.3 Å². The Kier molecular flexibility index (Phi) is 10.2. The third-order valence-electron chi connectivity index (χ3n) is 3.12. The van der Waals surface area contributed by atoms with E-state index >= 15 is 0 Å². The van der Waals surface area contributed by atoms with Gasteiger partial charge in [-0.15, -0.1) is 0 Å². The zero-order valence-electron chi connectivity index (χ0n) is 14.0. The Bertz CT molecular complexity index is 559. The highest BCUT2D eigenvalue weighted by molar-refractivity contribution is 7.80. The zero-order chi connectivity index (χ0) is 20.4. The standard InChI is InChI=1S/C13H23N5O7S/c1-5(16-11(22)6(14)3-19)10(21)17-7(2-9(15)20)12(23)18-8(4-26)13(24)25/h5-8,19,26H,2-4,14H2,1H3,(H2,15,20)(H,16,22)(H,17,21)(H,18,23)(H,24,25). The Morgan fingerprint density at radius 1 is 1.00 bits per heavy atom. The smallest absolute Gasteiger partial charge is 0.327 e. The van der Waals surface area contributed by atoms with Gasteiger partial charge >= 0.3 is 5.97 Å². The van der Waals surface area contributed by atoms with Crippen LogP contribution in [0.15, 0.2) is 0 Å². The molecule has 0 fully saturated rings. The predicted molar refractivity (Wildman–Crippen MR) is 91.8 cm³/mol. The van der Waals surface area contributed by atoms with Crippen molar-refractivity contribution in [2.24, 2.45) is 11.5 Å². The summed E-state index contributed by atoms with van der Waals surface area (Å²) in [6.07, 6.45) is -0.590. The largest absolute Gasteiger partial charge is 0.480 e. The molecule has 0 radical (unpaired) electrons. The first kappa shape index (κ1) is 23.6. The molecule has 148 valence electrons. The molecule has 0 aromatic carbocycles. The van der Waals surface area contributed by atoms with Crippen LogP contribution in [-0.4, -0.2) is 76.3 Å². The van der Waals surface area contributed by atoms with Crippen LogP contribution in [0.3, 0.4) is 0 Å². The molecule has 4 atom stereocenters. The quantitative estimate of drug-likeness (QED) is 0.160. The Labute approximate surface area is 154 Å². The molecule has 0 aliphatic carbocycles. The highest BCUT2D eigenvalue weighted by Gasteiger charge is 2.29. The molecular weight excluding hydrogens is 370 g/mol. The highest BCUT2D eigenvalue weighted by atomic mass is 32.1. The average Bonchev–Trinajstić information content (AvgIpc) is 2.56. The van der Waals surface area contributed by atoms with Gasteiger partial charge in [0.1, 0.15) is 24.2 Å². The zero-order valence-corrected chi connectivity index (χ0v) is 14.9. The van der Waals surface area contributed by atoms with E-state index in [1.807, 2.05) is 0 Å². The number of carbonyl (C=O) groups excluding carboxylic acids is 4. The van der Waals surface area contributed by atoms with Crippen molar-refractivity contribution in [2.45, 2.75) is 37.5 Å². The van der Waals surface area contributed by atoms with Crippen LogP contribution in [0.4, 0.5) is 0 Å². The lowest BCUT2D eigenvalue weighted by Gasteiger charge is -2.22. The van der Waals surface area contributed by atoms with Crippen LogP contribution in [0.25, 0.3) is 0 Å². The van der Waals surface area contributed by atoms with Gasteiger partial charge in [0.15, 0.2) is 0 Å². The number of primary amides is 1. The van der Waals surface area contributed by atoms with Gasteiger partial charge in [-0.25, -0.2) is 4.79 Å². The Morgan fingerprint density at radius 2 is 1.54 bits per heavy atom. The maximum absolute atomic E-state index is 12.1. The molecule has 0 bridgehead atoms. The van der Waals surface area contributed by atoms with Crippen molar-refractivity contribution in [3.8, 4) is 0 Å². The summed E-state index contributed by atoms with van der Waals surface area (Å²) >= 11 is 3.78. The molecular formula is C13H23N5O7S. The number of carboxylic acids is 1. The second kappa shape index (κ2) is 11.3. The molecule has 12 nitrogen and oxygen atoms in total. The number of carbonyl (C=O) groups is 5. The summed E-state index contributed by atoms with van der Waals surface area (Å²) in [6, 6.07) is -5.17. The fraction of sp³-hybridized carbons (Fsp3) is 0.615. The van der Waals surface area contributed by atoms with Gasteiger partial charge in [-0.2, -0.15) is 12.6 Å². The number of rotatable bonds is 11. The third kappa shape index (κ3) is 8.13. The lowest BCUT2D eigenvalue weighted by atomic mass is 10.1. The maximum atomic E-state index is 12.1. The Balaban J connectivity index is 5.00. The van der Waals surface area contributed by atoms with Crippen molar-refractivity contribution in [3.05, 3.63) is 0 Å². The molecule has 0 aliphatic heterocycles. The minimum absolute atomic E-state index is 0.218. The first-order chi connectivity index (χ1) is 12.0. The first-order valence-corrected chi connectivity index (χ1v) is 8.06. The van der Waals surface area contributed by atoms with E-state index in [2.05, 4.69) is 28.6 Å². The van der Waals surface area contributed by atoms with Crippen LogP contribution in [0, 0.1) is 0 Å². The summed E-state index contributed by atoms with van der Waals surface area (Å²) in [5.74, 6) is -5.08. The van der Waals surface area contributed by atoms with E-state index < -0.39 is 66.8 Å². The topological polar surface area (TPSA) is 214 Å². The van der Waals surface area contributed by atoms with Crippen molar-refractivity contribution in [1.29, 1.82) is 0 Å². The monoisotopic (exact) mass is 393 g/mol. The van der Waals surface area contributed by atoms with E-state index in [-0.39, 0.29) is 5.75 Å². The normalized spacial score (nSPS) is 15.1. The highest BCUT2D eigenvalue weighted by Crippen LogP contribution is 1.98. The Hall–Kier alpha value is -2.38. The fourth-order valence-corrected chi connectivity index (χ4v) is 1.88. The van der Waals surface area contributed by atoms with Gasteiger partial charge in [0.25, 0.3) is 0 Å². The van der Waals surface area contributed by atoms with Gasteiger partial charge in [-0.05, 0) is 6.92 Å². The minimum atomic E-state index is -1.45. The van der Waals surface area contributed by atoms with Gasteiger partial charge in [-0.1, -0.05) is 0 Å². The number of nitrogens with one attached hydrogen (secondary N) is 3. The van der Waals surface area contributed by atoms with E-state index in [9.17, 15) is 24.0 Å². The van der Waals surface area contributed by atoms with Crippen LogP contribution in [-0.2, 0) is 24.0 Å². The van der Waals surface area contributed by atoms with Crippen molar-refractivity contribution in [2.75, 3.05) is 12.4 Å². The number of carboxylic acid groups (broad SMARTS) is 1. The number of amides is 4. The van der Waals surface area contributed by atoms with Crippen molar-refractivity contribution < 1.29 is 34.2 Å². The summed E-state index contributed by atoms with van der Waals surface area (Å²) in [6.45, 7) is 0.650. The van der Waals surface area contributed by atoms with Crippen molar-refractivity contribution in [1.82, 2.24) is 16.0 Å². The second-order valence-electron chi connectivity index (χ2n) is 5.33. The van der Waals surface area contributed by atoms with E-state index in [0.29, 0.717) is 0 Å². The Morgan fingerprint density at radius 3 is 1.96 bits per heavy atom. The summed E-state index contributed by atoms with van der Waals surface area (Å²) < 4.78 is 0. The molecule has 13 heteroatoms. The molecule has 0 saturated heterocycles. The molecule has 0 aromatic heterocycles. The number of hydrogen-bond donors (Lipinski definition) is 8. The lowest BCUT2D eigenvalue weighted by Crippen LogP contribution is -2.57. The summed E-state index contributed by atoms with van der Waals surface area (Å²) in [5, 5.41) is 24.2. The average molecular weight is 393 g/mol. The first-order valence-electron chi connectivity index (χ1n) is 7.43. The summed E-state index contributed by atoms with van der Waals surface area (Å²) in [4.78, 5) is 57.8. The van der Waals surface area contributed by atoms with Crippen molar-refractivity contribution in [3.63, 3.8) is 0 Å². The molecule has 0 aliphatic rings. The maximum Gasteiger partial charge on any atom is 0.327 e. The summed E-state index contributed by atoms with van der Waals surface area (Å²) in [5.41, 5.74) is 10.3. The third-order valence-corrected chi connectivity index (χ3v) is 3.49. The van der Waals surface area contributed by atoms with E-state index in [1.54, 1.807) is 0 Å². The number of hydrogen-bond acceptors (Lipinski definition) is 8. The molecule has 9 N–H and O–H groups in total. The van der Waals surface area contributed by atoms with E-state index in [4.69, 9.17) is 21.7 Å². The minimum Gasteiger partial charge on any atom is -0.480 e. The molecule has 0 heterocycles. The molecule has 0 spiro atoms. The van der Waals surface area contributed by atoms with Gasteiger partial charge in [0, 0.05) is 5.75 Å². The van der Waals surface area contributed by atoms with Crippen LogP contribution >= 0.6 is 12.6 Å². The molecule has 0 aromatic rings. The summed E-state index contributed by atoms with van der Waals surface area (Å²) in [7, 11) is 0. The van der Waals surface area contributed by atoms with Gasteiger partial charge in [-0.3, -0.25) is 19.2 Å². The number of aliphatic hydroxyl groups is 1. The number of aliphatic carboxylic acids is 1. The van der Waals surface area contributed by atoms with Gasteiger partial charge in [0.2, 0.25) is 23.6 Å². The van der Waals surface area contributed by atoms with Crippen LogP contribution in [0.5, 0.6) is 0 Å². The van der Waals surface area contributed by atoms with E-state index in [0.717, 1.165) is 0 Å². The molecule has 4 unspecified atom stereocenters. The second-order valence-corrected chi connectivity index (χ2v) is 5.70. The molecule has 26 heavy (non-hydrogen) atoms. The molecule has 0 rings (SSSR count).